The minimum absolute atomic E-state index is 0.0200. The number of likely N-dealkylation sites (tertiary alicyclic amines) is 1. The maximum atomic E-state index is 12.6. The van der Waals surface area contributed by atoms with Gasteiger partial charge in [0.05, 0.1) is 4.99 Å². The average Bonchev–Trinajstić information content (AvgIpc) is 2.84. The molecule has 2 aliphatic carbocycles. The fourth-order valence-electron chi connectivity index (χ4n) is 4.04. The molecule has 1 heterocycles. The first-order valence-electron chi connectivity index (χ1n) is 7.24. The van der Waals surface area contributed by atoms with Gasteiger partial charge >= 0.3 is 0 Å². The van der Waals surface area contributed by atoms with Crippen LogP contribution in [0.4, 0.5) is 0 Å². The monoisotopic (exact) mass is 280 g/mol. The predicted octanol–water partition coefficient (Wildman–Crippen LogP) is 1.76. The van der Waals surface area contributed by atoms with Crippen LogP contribution in [0, 0.1) is 11.8 Å². The van der Waals surface area contributed by atoms with Gasteiger partial charge in [-0.1, -0.05) is 31.5 Å². The molecule has 2 bridgehead atoms. The molecule has 3 rings (SSSR count). The van der Waals surface area contributed by atoms with E-state index < -0.39 is 5.54 Å². The van der Waals surface area contributed by atoms with Gasteiger partial charge in [0, 0.05) is 11.8 Å². The summed E-state index contributed by atoms with van der Waals surface area (Å²) in [6.45, 7) is 0. The van der Waals surface area contributed by atoms with Gasteiger partial charge in [-0.2, -0.15) is 0 Å². The number of amides is 2. The number of carbonyl (C=O) groups excluding carboxylic acids is 2. The minimum atomic E-state index is -0.664. The van der Waals surface area contributed by atoms with Gasteiger partial charge in [-0.15, -0.1) is 0 Å². The Hall–Kier alpha value is -0.970. The summed E-state index contributed by atoms with van der Waals surface area (Å²) in [5.41, 5.74) is 5.29. The number of fused-ring (bicyclic) bond motifs is 2. The zero-order chi connectivity index (χ0) is 13.6. The lowest BCUT2D eigenvalue weighted by Crippen LogP contribution is -2.65. The van der Waals surface area contributed by atoms with Crippen LogP contribution in [0.2, 0.25) is 0 Å². The quantitative estimate of drug-likeness (QED) is 0.618. The van der Waals surface area contributed by atoms with Crippen LogP contribution in [0.15, 0.2) is 0 Å². The van der Waals surface area contributed by atoms with E-state index in [2.05, 4.69) is 0 Å². The van der Waals surface area contributed by atoms with Crippen molar-refractivity contribution in [2.45, 2.75) is 56.9 Å². The number of nitrogens with zero attached hydrogens (tertiary/aromatic N) is 1. The Morgan fingerprint density at radius 2 is 1.63 bits per heavy atom. The molecule has 4 nitrogen and oxygen atoms in total. The summed E-state index contributed by atoms with van der Waals surface area (Å²) < 4.78 is 0. The summed E-state index contributed by atoms with van der Waals surface area (Å²) in [6.07, 6.45) is 7.04. The number of piperidine rings is 1. The molecule has 2 unspecified atom stereocenters. The zero-order valence-electron chi connectivity index (χ0n) is 11.1. The Balaban J connectivity index is 1.99. The maximum absolute atomic E-state index is 12.6. The van der Waals surface area contributed by atoms with Crippen LogP contribution in [0.3, 0.4) is 0 Å². The topological polar surface area (TPSA) is 63.4 Å². The molecule has 2 atom stereocenters. The van der Waals surface area contributed by atoms with Crippen LogP contribution in [-0.2, 0) is 9.59 Å². The van der Waals surface area contributed by atoms with Crippen molar-refractivity contribution >= 4 is 29.0 Å². The standard InChI is InChI=1S/C14H20N2O2S/c15-13(19)14(6-2-1-3-7-14)16-11(17)9-4-5-10(8-9)12(16)18/h9-10H,1-8H2,(H2,15,19). The van der Waals surface area contributed by atoms with Crippen LogP contribution >= 0.6 is 12.2 Å². The molecule has 3 aliphatic rings. The summed E-state index contributed by atoms with van der Waals surface area (Å²) in [5.74, 6) is 0.00797. The van der Waals surface area contributed by atoms with Crippen LogP contribution < -0.4 is 5.73 Å². The van der Waals surface area contributed by atoms with E-state index in [1.807, 2.05) is 0 Å². The fourth-order valence-corrected chi connectivity index (χ4v) is 4.34. The lowest BCUT2D eigenvalue weighted by atomic mass is 9.78. The molecule has 0 radical (unpaired) electrons. The lowest BCUT2D eigenvalue weighted by Gasteiger charge is -2.47. The average molecular weight is 280 g/mol. The van der Waals surface area contributed by atoms with Crippen LogP contribution in [0.25, 0.3) is 0 Å². The van der Waals surface area contributed by atoms with Gasteiger partial charge in [0.15, 0.2) is 0 Å². The number of carbonyl (C=O) groups is 2. The second-order valence-corrected chi connectivity index (χ2v) is 6.62. The van der Waals surface area contributed by atoms with Gasteiger partial charge < -0.3 is 5.73 Å². The van der Waals surface area contributed by atoms with Crippen LogP contribution in [-0.4, -0.2) is 27.2 Å². The molecule has 0 aromatic heterocycles. The third kappa shape index (κ3) is 1.82. The third-order valence-electron chi connectivity index (χ3n) is 5.14. The van der Waals surface area contributed by atoms with E-state index in [9.17, 15) is 9.59 Å². The number of rotatable bonds is 2. The Labute approximate surface area is 118 Å². The number of hydrogen-bond donors (Lipinski definition) is 1. The van der Waals surface area contributed by atoms with E-state index in [-0.39, 0.29) is 23.7 Å². The van der Waals surface area contributed by atoms with Crippen molar-refractivity contribution in [3.63, 3.8) is 0 Å². The van der Waals surface area contributed by atoms with E-state index in [0.29, 0.717) is 4.99 Å². The van der Waals surface area contributed by atoms with E-state index in [1.54, 1.807) is 0 Å². The molecule has 0 aromatic carbocycles. The SMILES string of the molecule is NC(=S)C1(N2C(=O)C3CCC(C3)C2=O)CCCCC1. The van der Waals surface area contributed by atoms with Gasteiger partial charge in [0.25, 0.3) is 0 Å². The lowest BCUT2D eigenvalue weighted by molar-refractivity contribution is -0.159. The van der Waals surface area contributed by atoms with E-state index >= 15 is 0 Å². The van der Waals surface area contributed by atoms with E-state index in [0.717, 1.165) is 51.4 Å². The third-order valence-corrected chi connectivity index (χ3v) is 5.52. The molecular weight excluding hydrogens is 260 g/mol. The van der Waals surface area contributed by atoms with Crippen LogP contribution in [0.5, 0.6) is 0 Å². The van der Waals surface area contributed by atoms with Gasteiger partial charge in [0.1, 0.15) is 5.54 Å². The molecule has 2 saturated carbocycles. The Morgan fingerprint density at radius 3 is 2.11 bits per heavy atom. The first-order chi connectivity index (χ1) is 9.06. The van der Waals surface area contributed by atoms with Gasteiger partial charge in [-0.3, -0.25) is 14.5 Å². The highest BCUT2D eigenvalue weighted by atomic mass is 32.1. The maximum Gasteiger partial charge on any atom is 0.233 e. The molecule has 0 aromatic rings. The number of thiocarbonyl (C=S) groups is 1. The van der Waals surface area contributed by atoms with E-state index in [4.69, 9.17) is 18.0 Å². The Morgan fingerprint density at radius 1 is 1.11 bits per heavy atom. The fraction of sp³-hybridized carbons (Fsp3) is 0.786. The molecule has 2 amide bonds. The van der Waals surface area contributed by atoms with Crippen molar-refractivity contribution in [2.24, 2.45) is 17.6 Å². The number of hydrogen-bond acceptors (Lipinski definition) is 3. The molecule has 1 aliphatic heterocycles. The number of imide groups is 1. The predicted molar refractivity (Wildman–Crippen MR) is 75.3 cm³/mol. The van der Waals surface area contributed by atoms with Crippen LogP contribution in [0.1, 0.15) is 51.4 Å². The highest BCUT2D eigenvalue weighted by molar-refractivity contribution is 7.80. The summed E-state index contributed by atoms with van der Waals surface area (Å²) in [6, 6.07) is 0. The summed E-state index contributed by atoms with van der Waals surface area (Å²) in [7, 11) is 0. The molecular formula is C14H20N2O2S. The first-order valence-corrected chi connectivity index (χ1v) is 7.65. The minimum Gasteiger partial charge on any atom is -0.391 e. The number of nitrogens with two attached hydrogens (primary N) is 1. The van der Waals surface area contributed by atoms with E-state index in [1.165, 1.54) is 4.90 Å². The van der Waals surface area contributed by atoms with Crippen molar-refractivity contribution < 1.29 is 9.59 Å². The zero-order valence-corrected chi connectivity index (χ0v) is 11.9. The Kier molecular flexibility index (Phi) is 3.12. The van der Waals surface area contributed by atoms with Crippen molar-refractivity contribution in [3.05, 3.63) is 0 Å². The second kappa shape index (κ2) is 4.54. The molecule has 0 spiro atoms. The van der Waals surface area contributed by atoms with Gasteiger partial charge in [-0.25, -0.2) is 0 Å². The molecule has 2 N–H and O–H groups in total. The highest BCUT2D eigenvalue weighted by Gasteiger charge is 2.54. The summed E-state index contributed by atoms with van der Waals surface area (Å²) in [5, 5.41) is 0. The van der Waals surface area contributed by atoms with Gasteiger partial charge in [-0.05, 0) is 32.1 Å². The molecule has 19 heavy (non-hydrogen) atoms. The smallest absolute Gasteiger partial charge is 0.233 e. The molecule has 104 valence electrons. The molecule has 1 saturated heterocycles. The molecule has 5 heteroatoms. The van der Waals surface area contributed by atoms with Crippen molar-refractivity contribution in [2.75, 3.05) is 0 Å². The largest absolute Gasteiger partial charge is 0.391 e. The first kappa shape index (κ1) is 13.0. The molecule has 3 fully saturated rings. The summed E-state index contributed by atoms with van der Waals surface area (Å²) >= 11 is 5.24. The normalized spacial score (nSPS) is 33.6. The van der Waals surface area contributed by atoms with Gasteiger partial charge in [0.2, 0.25) is 11.8 Å². The summed E-state index contributed by atoms with van der Waals surface area (Å²) in [4.78, 5) is 27.0. The highest BCUT2D eigenvalue weighted by Crippen LogP contribution is 2.44. The van der Waals surface area contributed by atoms with Crippen molar-refractivity contribution in [3.8, 4) is 0 Å². The second-order valence-electron chi connectivity index (χ2n) is 6.18. The van der Waals surface area contributed by atoms with Crippen molar-refractivity contribution in [1.29, 1.82) is 0 Å². The van der Waals surface area contributed by atoms with Crippen molar-refractivity contribution in [1.82, 2.24) is 4.90 Å². The Bertz CT molecular complexity index is 421.